The zero-order valence-corrected chi connectivity index (χ0v) is 13.4. The topological polar surface area (TPSA) is 40.5 Å². The summed E-state index contributed by atoms with van der Waals surface area (Å²) in [6.45, 7) is 2.03. The third-order valence-corrected chi connectivity index (χ3v) is 5.85. The van der Waals surface area contributed by atoms with Crippen LogP contribution < -0.4 is 4.90 Å². The average Bonchev–Trinajstić information content (AvgIpc) is 2.53. The van der Waals surface area contributed by atoms with Crippen molar-refractivity contribution in [3.05, 3.63) is 23.8 Å². The maximum Gasteiger partial charge on any atom is 0.338 e. The first-order valence-corrected chi connectivity index (χ1v) is 9.08. The summed E-state index contributed by atoms with van der Waals surface area (Å²) in [6, 6.07) is 5.87. The Labute approximate surface area is 130 Å². The van der Waals surface area contributed by atoms with E-state index in [1.54, 1.807) is 0 Å². The highest BCUT2D eigenvalue weighted by molar-refractivity contribution is 7.98. The van der Waals surface area contributed by atoms with E-state index < -0.39 is 5.97 Å². The van der Waals surface area contributed by atoms with Crippen molar-refractivity contribution in [3.8, 4) is 0 Å². The summed E-state index contributed by atoms with van der Waals surface area (Å²) >= 11 is 1.52. The van der Waals surface area contributed by atoms with Gasteiger partial charge in [0.05, 0.1) is 11.3 Å². The van der Waals surface area contributed by atoms with E-state index in [4.69, 9.17) is 0 Å². The van der Waals surface area contributed by atoms with Crippen LogP contribution in [-0.2, 0) is 0 Å². The van der Waals surface area contributed by atoms with Crippen molar-refractivity contribution in [2.75, 3.05) is 24.2 Å². The minimum atomic E-state index is -0.805. The normalized spacial score (nSPS) is 25.5. The van der Waals surface area contributed by atoms with Crippen LogP contribution in [0.1, 0.15) is 42.5 Å². The van der Waals surface area contributed by atoms with Crippen molar-refractivity contribution in [2.24, 2.45) is 11.8 Å². The van der Waals surface area contributed by atoms with Gasteiger partial charge in [0.25, 0.3) is 0 Å². The highest BCUT2D eigenvalue weighted by atomic mass is 32.2. The van der Waals surface area contributed by atoms with Crippen LogP contribution in [0.3, 0.4) is 0 Å². The van der Waals surface area contributed by atoms with E-state index in [-0.39, 0.29) is 0 Å². The molecule has 2 aliphatic rings. The second-order valence-corrected chi connectivity index (χ2v) is 7.05. The van der Waals surface area contributed by atoms with Gasteiger partial charge in [-0.25, -0.2) is 4.79 Å². The zero-order chi connectivity index (χ0) is 14.8. The molecule has 0 radical (unpaired) electrons. The van der Waals surface area contributed by atoms with Crippen LogP contribution in [0.2, 0.25) is 0 Å². The quantitative estimate of drug-likeness (QED) is 0.853. The van der Waals surface area contributed by atoms with Crippen molar-refractivity contribution in [3.63, 3.8) is 0 Å². The van der Waals surface area contributed by atoms with Crippen molar-refractivity contribution < 1.29 is 9.90 Å². The van der Waals surface area contributed by atoms with Gasteiger partial charge < -0.3 is 10.0 Å². The maximum atomic E-state index is 11.7. The molecule has 0 aromatic heterocycles. The Hall–Kier alpha value is -1.16. The van der Waals surface area contributed by atoms with Gasteiger partial charge >= 0.3 is 5.97 Å². The number of carbonyl (C=O) groups is 1. The molecular weight excluding hydrogens is 282 g/mol. The fraction of sp³-hybridized carbons (Fsp3) is 0.588. The van der Waals surface area contributed by atoms with Gasteiger partial charge in [0.1, 0.15) is 0 Å². The second kappa shape index (κ2) is 6.30. The van der Waals surface area contributed by atoms with Gasteiger partial charge in [-0.05, 0) is 43.1 Å². The number of hydrogen-bond acceptors (Lipinski definition) is 3. The van der Waals surface area contributed by atoms with Crippen LogP contribution in [-0.4, -0.2) is 30.4 Å². The van der Waals surface area contributed by atoms with E-state index in [1.165, 1.54) is 43.9 Å². The summed E-state index contributed by atoms with van der Waals surface area (Å²) < 4.78 is 0. The molecule has 1 aliphatic heterocycles. The molecule has 0 bridgehead atoms. The number of thioether (sulfide) groups is 1. The molecule has 2 unspecified atom stereocenters. The number of piperidine rings is 1. The van der Waals surface area contributed by atoms with E-state index in [0.717, 1.165) is 35.5 Å². The maximum absolute atomic E-state index is 11.7. The molecule has 1 heterocycles. The summed E-state index contributed by atoms with van der Waals surface area (Å²) in [6.07, 6.45) is 8.56. The molecule has 1 aromatic carbocycles. The first kappa shape index (κ1) is 14.8. The number of fused-ring (bicyclic) bond motifs is 1. The fourth-order valence-electron chi connectivity index (χ4n) is 3.99. The Bertz CT molecular complexity index is 532. The van der Waals surface area contributed by atoms with Gasteiger partial charge in [0.15, 0.2) is 0 Å². The minimum Gasteiger partial charge on any atom is -0.478 e. The molecule has 1 N–H and O–H groups in total. The SMILES string of the molecule is CSc1cccc(N2CCC3CCCCC3C2)c1C(=O)O. The first-order valence-electron chi connectivity index (χ1n) is 7.86. The van der Waals surface area contributed by atoms with Crippen LogP contribution in [0.15, 0.2) is 23.1 Å². The predicted molar refractivity (Wildman–Crippen MR) is 87.5 cm³/mol. The molecule has 2 atom stereocenters. The molecule has 3 nitrogen and oxygen atoms in total. The fourth-order valence-corrected chi connectivity index (χ4v) is 4.60. The summed E-state index contributed by atoms with van der Waals surface area (Å²) in [5, 5.41) is 9.60. The van der Waals surface area contributed by atoms with E-state index in [9.17, 15) is 9.90 Å². The van der Waals surface area contributed by atoms with Crippen LogP contribution in [0, 0.1) is 11.8 Å². The number of carboxylic acid groups (broad SMARTS) is 1. The van der Waals surface area contributed by atoms with Gasteiger partial charge in [-0.2, -0.15) is 0 Å². The predicted octanol–water partition coefficient (Wildman–Crippen LogP) is 4.12. The number of hydrogen-bond donors (Lipinski definition) is 1. The van der Waals surface area contributed by atoms with Crippen molar-refractivity contribution in [2.45, 2.75) is 37.0 Å². The molecule has 21 heavy (non-hydrogen) atoms. The molecule has 0 amide bonds. The number of aromatic carboxylic acids is 1. The Morgan fingerprint density at radius 1 is 1.24 bits per heavy atom. The van der Waals surface area contributed by atoms with Crippen molar-refractivity contribution in [1.29, 1.82) is 0 Å². The third kappa shape index (κ3) is 2.91. The average molecular weight is 305 g/mol. The van der Waals surface area contributed by atoms with E-state index in [0.29, 0.717) is 5.56 Å². The Morgan fingerprint density at radius 2 is 2.00 bits per heavy atom. The molecule has 1 saturated heterocycles. The summed E-state index contributed by atoms with van der Waals surface area (Å²) in [4.78, 5) is 14.9. The van der Waals surface area contributed by atoms with Gasteiger partial charge in [0, 0.05) is 18.0 Å². The Kier molecular flexibility index (Phi) is 4.43. The van der Waals surface area contributed by atoms with Crippen LogP contribution >= 0.6 is 11.8 Å². The highest BCUT2D eigenvalue weighted by Gasteiger charge is 2.32. The largest absolute Gasteiger partial charge is 0.478 e. The lowest BCUT2D eigenvalue weighted by atomic mass is 9.75. The molecule has 1 aliphatic carbocycles. The summed E-state index contributed by atoms with van der Waals surface area (Å²) in [7, 11) is 0. The van der Waals surface area contributed by atoms with Crippen molar-refractivity contribution >= 4 is 23.4 Å². The van der Waals surface area contributed by atoms with Crippen LogP contribution in [0.5, 0.6) is 0 Å². The Morgan fingerprint density at radius 3 is 2.71 bits per heavy atom. The molecular formula is C17H23NO2S. The standard InChI is InChI=1S/C17H23NO2S/c1-21-15-8-4-7-14(16(15)17(19)20)18-10-9-12-5-2-3-6-13(12)11-18/h4,7-8,12-13H,2-3,5-6,9-11H2,1H3,(H,19,20). The third-order valence-electron chi connectivity index (χ3n) is 5.07. The van der Waals surface area contributed by atoms with Crippen LogP contribution in [0.4, 0.5) is 5.69 Å². The number of rotatable bonds is 3. The molecule has 1 saturated carbocycles. The lowest BCUT2D eigenvalue weighted by Crippen LogP contribution is -2.42. The van der Waals surface area contributed by atoms with Crippen LogP contribution in [0.25, 0.3) is 0 Å². The summed E-state index contributed by atoms with van der Waals surface area (Å²) in [5.41, 5.74) is 1.40. The highest BCUT2D eigenvalue weighted by Crippen LogP contribution is 2.39. The minimum absolute atomic E-state index is 0.485. The lowest BCUT2D eigenvalue weighted by molar-refractivity contribution is 0.0693. The van der Waals surface area contributed by atoms with Gasteiger partial charge in [0.2, 0.25) is 0 Å². The Balaban J connectivity index is 1.88. The molecule has 4 heteroatoms. The van der Waals surface area contributed by atoms with Gasteiger partial charge in [-0.15, -0.1) is 11.8 Å². The van der Waals surface area contributed by atoms with Gasteiger partial charge in [-0.3, -0.25) is 0 Å². The van der Waals surface area contributed by atoms with Crippen molar-refractivity contribution in [1.82, 2.24) is 0 Å². The van der Waals surface area contributed by atoms with E-state index in [1.807, 2.05) is 24.5 Å². The number of anilines is 1. The molecule has 114 valence electrons. The van der Waals surface area contributed by atoms with E-state index in [2.05, 4.69) is 4.90 Å². The molecule has 0 spiro atoms. The smallest absolute Gasteiger partial charge is 0.338 e. The zero-order valence-electron chi connectivity index (χ0n) is 12.5. The molecule has 3 rings (SSSR count). The lowest BCUT2D eigenvalue weighted by Gasteiger charge is -2.42. The number of benzene rings is 1. The monoisotopic (exact) mass is 305 g/mol. The van der Waals surface area contributed by atoms with Gasteiger partial charge in [-0.1, -0.05) is 25.3 Å². The number of nitrogens with zero attached hydrogens (tertiary/aromatic N) is 1. The molecule has 2 fully saturated rings. The molecule has 1 aromatic rings. The van der Waals surface area contributed by atoms with E-state index >= 15 is 0 Å². The summed E-state index contributed by atoms with van der Waals surface area (Å²) in [5.74, 6) is 0.819. The first-order chi connectivity index (χ1) is 10.2. The second-order valence-electron chi connectivity index (χ2n) is 6.20. The number of carboxylic acids is 1.